The summed E-state index contributed by atoms with van der Waals surface area (Å²) in [5.41, 5.74) is 8.66. The molecule has 1 heterocycles. The van der Waals surface area contributed by atoms with E-state index in [2.05, 4.69) is 5.16 Å². The number of amides is 1. The van der Waals surface area contributed by atoms with Gasteiger partial charge in [0.2, 0.25) is 5.91 Å². The Balaban J connectivity index is 1.75. The summed E-state index contributed by atoms with van der Waals surface area (Å²) in [5, 5.41) is 4.14. The molecule has 0 radical (unpaired) electrons. The molecule has 4 heteroatoms. The van der Waals surface area contributed by atoms with E-state index in [9.17, 15) is 4.79 Å². The van der Waals surface area contributed by atoms with Crippen LogP contribution in [0.3, 0.4) is 0 Å². The number of carbonyl (C=O) groups excluding carboxylic acids is 1. The van der Waals surface area contributed by atoms with Crippen molar-refractivity contribution in [1.29, 1.82) is 0 Å². The monoisotopic (exact) mass is 266 g/mol. The van der Waals surface area contributed by atoms with Crippen molar-refractivity contribution >= 4 is 11.6 Å². The van der Waals surface area contributed by atoms with Gasteiger partial charge in [0.25, 0.3) is 0 Å². The average molecular weight is 266 g/mol. The number of hydrogen-bond donors (Lipinski definition) is 1. The van der Waals surface area contributed by atoms with Gasteiger partial charge >= 0.3 is 0 Å². The number of rotatable bonds is 3. The largest absolute Gasteiger partial charge is 0.387 e. The second-order valence-corrected chi connectivity index (χ2v) is 4.69. The minimum absolute atomic E-state index is 0.0398. The van der Waals surface area contributed by atoms with Crippen LogP contribution in [0.4, 0.5) is 0 Å². The van der Waals surface area contributed by atoms with E-state index in [4.69, 9.17) is 10.6 Å². The quantitative estimate of drug-likeness (QED) is 0.928. The van der Waals surface area contributed by atoms with Crippen LogP contribution in [-0.4, -0.2) is 11.6 Å². The molecule has 1 unspecified atom stereocenters. The fraction of sp³-hybridized carbons (Fsp3) is 0.125. The summed E-state index contributed by atoms with van der Waals surface area (Å²) in [7, 11) is 0. The van der Waals surface area contributed by atoms with Crippen LogP contribution in [0.2, 0.25) is 0 Å². The topological polar surface area (TPSA) is 64.7 Å². The maximum absolute atomic E-state index is 11.0. The zero-order valence-electron chi connectivity index (χ0n) is 10.8. The molecule has 0 spiro atoms. The van der Waals surface area contributed by atoms with E-state index in [1.807, 2.05) is 42.5 Å². The molecule has 4 nitrogen and oxygen atoms in total. The lowest BCUT2D eigenvalue weighted by atomic mass is 9.99. The Labute approximate surface area is 116 Å². The Morgan fingerprint density at radius 3 is 2.45 bits per heavy atom. The van der Waals surface area contributed by atoms with Gasteiger partial charge in [-0.2, -0.15) is 0 Å². The molecule has 100 valence electrons. The fourth-order valence-electron chi connectivity index (χ4n) is 2.22. The third kappa shape index (κ3) is 2.40. The van der Waals surface area contributed by atoms with Crippen LogP contribution in [0, 0.1) is 0 Å². The lowest BCUT2D eigenvalue weighted by molar-refractivity contribution is 0.0857. The number of primary amides is 1. The number of benzene rings is 2. The summed E-state index contributed by atoms with van der Waals surface area (Å²) in [6, 6.07) is 17.1. The van der Waals surface area contributed by atoms with Crippen molar-refractivity contribution in [3.8, 4) is 0 Å². The van der Waals surface area contributed by atoms with Crippen molar-refractivity contribution in [2.24, 2.45) is 10.9 Å². The number of oxime groups is 1. The first-order chi connectivity index (χ1) is 9.74. The lowest BCUT2D eigenvalue weighted by Crippen LogP contribution is -2.11. The molecule has 0 saturated carbocycles. The standard InChI is InChI=1S/C16H14N2O2/c17-16(19)13-8-6-11(7-9-13)14-10-15(20-18-14)12-4-2-1-3-5-12/h1-9,15H,10H2,(H2,17,19). The highest BCUT2D eigenvalue weighted by atomic mass is 16.6. The third-order valence-electron chi connectivity index (χ3n) is 3.34. The predicted molar refractivity (Wildman–Crippen MR) is 76.4 cm³/mol. The first kappa shape index (κ1) is 12.4. The van der Waals surface area contributed by atoms with Crippen LogP contribution < -0.4 is 5.73 Å². The normalized spacial score (nSPS) is 17.4. The molecule has 0 aliphatic carbocycles. The van der Waals surface area contributed by atoms with Crippen LogP contribution in [0.15, 0.2) is 59.8 Å². The molecule has 1 atom stereocenters. The molecule has 1 aliphatic heterocycles. The molecule has 0 aromatic heterocycles. The van der Waals surface area contributed by atoms with Crippen LogP contribution in [0.1, 0.15) is 34.0 Å². The van der Waals surface area contributed by atoms with Gasteiger partial charge in [-0.15, -0.1) is 0 Å². The Morgan fingerprint density at radius 1 is 1.10 bits per heavy atom. The van der Waals surface area contributed by atoms with E-state index < -0.39 is 5.91 Å². The zero-order valence-corrected chi connectivity index (χ0v) is 10.8. The van der Waals surface area contributed by atoms with Crippen molar-refractivity contribution in [2.45, 2.75) is 12.5 Å². The second-order valence-electron chi connectivity index (χ2n) is 4.69. The summed E-state index contributed by atoms with van der Waals surface area (Å²) in [6.07, 6.45) is 0.682. The molecule has 2 aromatic rings. The van der Waals surface area contributed by atoms with Crippen LogP contribution >= 0.6 is 0 Å². The van der Waals surface area contributed by atoms with Crippen LogP contribution in [0.5, 0.6) is 0 Å². The zero-order chi connectivity index (χ0) is 13.9. The van der Waals surface area contributed by atoms with Gasteiger partial charge in [0.15, 0.2) is 6.10 Å². The minimum Gasteiger partial charge on any atom is -0.387 e. The fourth-order valence-corrected chi connectivity index (χ4v) is 2.22. The minimum atomic E-state index is -0.427. The van der Waals surface area contributed by atoms with Gasteiger partial charge in [0.1, 0.15) is 0 Å². The molecule has 0 bridgehead atoms. The number of carbonyl (C=O) groups is 1. The Kier molecular flexibility index (Phi) is 3.21. The number of nitrogens with two attached hydrogens (primary N) is 1. The molecule has 0 saturated heterocycles. The maximum atomic E-state index is 11.0. The Morgan fingerprint density at radius 2 is 1.80 bits per heavy atom. The molecule has 1 aliphatic rings. The highest BCUT2D eigenvalue weighted by Crippen LogP contribution is 2.29. The smallest absolute Gasteiger partial charge is 0.248 e. The van der Waals surface area contributed by atoms with Crippen molar-refractivity contribution in [3.05, 3.63) is 71.3 Å². The molecule has 2 N–H and O–H groups in total. The van der Waals surface area contributed by atoms with E-state index in [1.165, 1.54) is 0 Å². The van der Waals surface area contributed by atoms with E-state index in [-0.39, 0.29) is 6.10 Å². The summed E-state index contributed by atoms with van der Waals surface area (Å²) < 4.78 is 0. The summed E-state index contributed by atoms with van der Waals surface area (Å²) in [4.78, 5) is 16.5. The van der Waals surface area contributed by atoms with Crippen molar-refractivity contribution in [1.82, 2.24) is 0 Å². The first-order valence-electron chi connectivity index (χ1n) is 6.42. The summed E-state index contributed by atoms with van der Waals surface area (Å²) in [5.74, 6) is -0.427. The third-order valence-corrected chi connectivity index (χ3v) is 3.34. The Hall–Kier alpha value is -2.62. The molecular weight excluding hydrogens is 252 g/mol. The number of hydrogen-bond acceptors (Lipinski definition) is 3. The molecule has 1 amide bonds. The van der Waals surface area contributed by atoms with E-state index in [0.29, 0.717) is 5.56 Å². The maximum Gasteiger partial charge on any atom is 0.248 e. The first-order valence-corrected chi connectivity index (χ1v) is 6.42. The van der Waals surface area contributed by atoms with Crippen LogP contribution in [-0.2, 0) is 4.84 Å². The molecular formula is C16H14N2O2. The molecule has 2 aromatic carbocycles. The number of nitrogens with zero attached hydrogens (tertiary/aromatic N) is 1. The Bertz CT molecular complexity index is 648. The van der Waals surface area contributed by atoms with E-state index in [0.717, 1.165) is 23.3 Å². The molecule has 0 fully saturated rings. The van der Waals surface area contributed by atoms with Gasteiger partial charge in [-0.25, -0.2) is 0 Å². The lowest BCUT2D eigenvalue weighted by Gasteiger charge is -2.07. The molecule has 3 rings (SSSR count). The van der Waals surface area contributed by atoms with Gasteiger partial charge in [-0.05, 0) is 23.3 Å². The average Bonchev–Trinajstić information content (AvgIpc) is 2.98. The van der Waals surface area contributed by atoms with Crippen LogP contribution in [0.25, 0.3) is 0 Å². The summed E-state index contributed by atoms with van der Waals surface area (Å²) >= 11 is 0. The van der Waals surface area contributed by atoms with Crippen molar-refractivity contribution in [3.63, 3.8) is 0 Å². The van der Waals surface area contributed by atoms with Gasteiger partial charge in [0, 0.05) is 12.0 Å². The van der Waals surface area contributed by atoms with Crippen molar-refractivity contribution in [2.75, 3.05) is 0 Å². The summed E-state index contributed by atoms with van der Waals surface area (Å²) in [6.45, 7) is 0. The SMILES string of the molecule is NC(=O)c1ccc(C2=NOC(c3ccccc3)C2)cc1. The highest BCUT2D eigenvalue weighted by Gasteiger charge is 2.23. The molecule has 20 heavy (non-hydrogen) atoms. The van der Waals surface area contributed by atoms with E-state index in [1.54, 1.807) is 12.1 Å². The predicted octanol–water partition coefficient (Wildman–Crippen LogP) is 2.65. The van der Waals surface area contributed by atoms with Gasteiger partial charge < -0.3 is 10.6 Å². The van der Waals surface area contributed by atoms with Gasteiger partial charge in [-0.3, -0.25) is 4.79 Å². The highest BCUT2D eigenvalue weighted by molar-refractivity contribution is 6.02. The van der Waals surface area contributed by atoms with E-state index >= 15 is 0 Å². The second kappa shape index (κ2) is 5.17. The van der Waals surface area contributed by atoms with Gasteiger partial charge in [0.05, 0.1) is 5.71 Å². The van der Waals surface area contributed by atoms with Gasteiger partial charge in [-0.1, -0.05) is 47.6 Å². The van der Waals surface area contributed by atoms with Crippen molar-refractivity contribution < 1.29 is 9.63 Å².